The molecule has 0 saturated heterocycles. The van der Waals surface area contributed by atoms with Crippen molar-refractivity contribution in [3.63, 3.8) is 0 Å². The Kier molecular flexibility index (Phi) is 6.24. The van der Waals surface area contributed by atoms with Gasteiger partial charge < -0.3 is 15.0 Å². The smallest absolute Gasteiger partial charge is 0.313 e. The van der Waals surface area contributed by atoms with E-state index in [4.69, 9.17) is 16.3 Å². The van der Waals surface area contributed by atoms with Crippen LogP contribution in [0.25, 0.3) is 0 Å². The molecule has 0 fully saturated rings. The normalized spacial score (nSPS) is 10.2. The average Bonchev–Trinajstić information content (AvgIpc) is 2.39. The Labute approximate surface area is 121 Å². The number of ketones is 1. The van der Waals surface area contributed by atoms with E-state index in [1.807, 2.05) is 6.92 Å². The number of aromatic amines is 1. The van der Waals surface area contributed by atoms with E-state index < -0.39 is 23.7 Å². The van der Waals surface area contributed by atoms with E-state index in [-0.39, 0.29) is 23.0 Å². The maximum Gasteiger partial charge on any atom is 0.313 e. The Morgan fingerprint density at radius 3 is 2.70 bits per heavy atom. The average molecular weight is 301 g/mol. The number of carbonyl (C=O) groups is 2. The summed E-state index contributed by atoms with van der Waals surface area (Å²) in [5.74, 6) is -0.794. The first-order valence-electron chi connectivity index (χ1n) is 6.35. The van der Waals surface area contributed by atoms with Gasteiger partial charge in [0.05, 0.1) is 12.2 Å². The molecule has 0 radical (unpaired) electrons. The number of hydrogen-bond donors (Lipinski definition) is 2. The maximum atomic E-state index is 12.1. The van der Waals surface area contributed by atoms with Crippen molar-refractivity contribution in [1.82, 2.24) is 4.98 Å². The summed E-state index contributed by atoms with van der Waals surface area (Å²) in [5, 5.41) is 2.83. The second-order valence-corrected chi connectivity index (χ2v) is 4.47. The van der Waals surface area contributed by atoms with Crippen molar-refractivity contribution in [3.05, 3.63) is 27.0 Å². The number of hydrogen-bond acceptors (Lipinski definition) is 5. The number of esters is 1. The number of Topliss-reactive ketones (excluding diaryl/α,β-unsaturated/α-hetero) is 1. The molecule has 0 atom stereocenters. The fraction of sp³-hybridized carbons (Fsp3) is 0.462. The lowest BCUT2D eigenvalue weighted by molar-refractivity contribution is -0.141. The number of pyridine rings is 1. The molecular formula is C13H17ClN2O4. The van der Waals surface area contributed by atoms with E-state index in [2.05, 4.69) is 10.3 Å². The zero-order valence-electron chi connectivity index (χ0n) is 11.4. The predicted octanol–water partition coefficient (Wildman–Crippen LogP) is 1.99. The molecule has 20 heavy (non-hydrogen) atoms. The molecule has 2 N–H and O–H groups in total. The molecule has 110 valence electrons. The van der Waals surface area contributed by atoms with Crippen molar-refractivity contribution in [2.75, 3.05) is 18.5 Å². The standard InChI is InChI=1S/C13H17ClN2O4/c1-3-5-15-12-8(6-9(14)13(19)16-12)10(17)7-11(18)20-4-2/h6H,3-5,7H2,1-2H3,(H2,15,16,19). The first-order valence-corrected chi connectivity index (χ1v) is 6.72. The van der Waals surface area contributed by atoms with E-state index in [0.717, 1.165) is 6.42 Å². The molecule has 0 unspecified atom stereocenters. The summed E-state index contributed by atoms with van der Waals surface area (Å²) in [5.41, 5.74) is -0.311. The number of anilines is 1. The summed E-state index contributed by atoms with van der Waals surface area (Å²) in [7, 11) is 0. The van der Waals surface area contributed by atoms with E-state index >= 15 is 0 Å². The Balaban J connectivity index is 3.01. The molecule has 0 bridgehead atoms. The van der Waals surface area contributed by atoms with Gasteiger partial charge in [-0.1, -0.05) is 18.5 Å². The third kappa shape index (κ3) is 4.38. The molecule has 1 heterocycles. The highest BCUT2D eigenvalue weighted by Crippen LogP contribution is 2.17. The number of carbonyl (C=O) groups excluding carboxylic acids is 2. The third-order valence-electron chi connectivity index (χ3n) is 2.46. The number of rotatable bonds is 7. The van der Waals surface area contributed by atoms with Crippen LogP contribution in [0.3, 0.4) is 0 Å². The van der Waals surface area contributed by atoms with Gasteiger partial charge in [0.1, 0.15) is 17.3 Å². The highest BCUT2D eigenvalue weighted by atomic mass is 35.5. The molecule has 0 amide bonds. The van der Waals surface area contributed by atoms with E-state index in [1.165, 1.54) is 6.07 Å². The van der Waals surface area contributed by atoms with Crippen molar-refractivity contribution in [2.45, 2.75) is 26.7 Å². The van der Waals surface area contributed by atoms with Gasteiger partial charge >= 0.3 is 5.97 Å². The zero-order valence-corrected chi connectivity index (χ0v) is 12.2. The minimum atomic E-state index is -0.610. The first kappa shape index (κ1) is 16.2. The summed E-state index contributed by atoms with van der Waals surface area (Å²) in [6.07, 6.45) is 0.424. The second kappa shape index (κ2) is 7.69. The Hall–Kier alpha value is -1.82. The fourth-order valence-electron chi connectivity index (χ4n) is 1.55. The number of nitrogens with one attached hydrogen (secondary N) is 2. The molecule has 0 aliphatic rings. The van der Waals surface area contributed by atoms with Crippen LogP contribution in [0, 0.1) is 0 Å². The van der Waals surface area contributed by atoms with Crippen LogP contribution >= 0.6 is 11.6 Å². The summed E-state index contributed by atoms with van der Waals surface area (Å²) >= 11 is 5.72. The molecule has 0 aliphatic heterocycles. The number of aromatic nitrogens is 1. The molecule has 0 saturated carbocycles. The minimum Gasteiger partial charge on any atom is -0.466 e. The number of ether oxygens (including phenoxy) is 1. The topological polar surface area (TPSA) is 88.3 Å². The van der Waals surface area contributed by atoms with Crippen LogP contribution in [0.2, 0.25) is 5.02 Å². The van der Waals surface area contributed by atoms with Gasteiger partial charge in [-0.25, -0.2) is 0 Å². The molecule has 0 aromatic carbocycles. The van der Waals surface area contributed by atoms with Gasteiger partial charge in [-0.05, 0) is 19.4 Å². The molecule has 7 heteroatoms. The molecular weight excluding hydrogens is 284 g/mol. The van der Waals surface area contributed by atoms with Gasteiger partial charge in [0.2, 0.25) is 0 Å². The van der Waals surface area contributed by atoms with Crippen molar-refractivity contribution < 1.29 is 14.3 Å². The van der Waals surface area contributed by atoms with Crippen LogP contribution in [-0.2, 0) is 9.53 Å². The second-order valence-electron chi connectivity index (χ2n) is 4.07. The van der Waals surface area contributed by atoms with Gasteiger partial charge in [-0.15, -0.1) is 0 Å². The molecule has 6 nitrogen and oxygen atoms in total. The molecule has 0 aliphatic carbocycles. The van der Waals surface area contributed by atoms with Crippen LogP contribution in [0.1, 0.15) is 37.0 Å². The lowest BCUT2D eigenvalue weighted by Gasteiger charge is -2.10. The van der Waals surface area contributed by atoms with Gasteiger partial charge in [0.25, 0.3) is 5.56 Å². The van der Waals surface area contributed by atoms with Crippen molar-refractivity contribution in [3.8, 4) is 0 Å². The minimum absolute atomic E-state index is 0.0979. The molecule has 0 spiro atoms. The number of halogens is 1. The molecule has 1 aromatic rings. The van der Waals surface area contributed by atoms with Gasteiger partial charge in [-0.3, -0.25) is 14.4 Å². The third-order valence-corrected chi connectivity index (χ3v) is 2.74. The van der Waals surface area contributed by atoms with Crippen LogP contribution in [-0.4, -0.2) is 29.9 Å². The predicted molar refractivity (Wildman–Crippen MR) is 76.4 cm³/mol. The van der Waals surface area contributed by atoms with E-state index in [9.17, 15) is 14.4 Å². The lowest BCUT2D eigenvalue weighted by atomic mass is 10.1. The first-order chi connectivity index (χ1) is 9.49. The zero-order chi connectivity index (χ0) is 15.1. The Bertz CT molecular complexity index is 554. The summed E-state index contributed by atoms with van der Waals surface area (Å²) in [4.78, 5) is 37.4. The van der Waals surface area contributed by atoms with Crippen LogP contribution in [0.4, 0.5) is 5.82 Å². The SMILES string of the molecule is CCCNc1[nH]c(=O)c(Cl)cc1C(=O)CC(=O)OCC. The highest BCUT2D eigenvalue weighted by Gasteiger charge is 2.18. The number of H-pyrrole nitrogens is 1. The van der Waals surface area contributed by atoms with Crippen molar-refractivity contribution in [1.29, 1.82) is 0 Å². The summed E-state index contributed by atoms with van der Waals surface area (Å²) in [6.45, 7) is 4.39. The Morgan fingerprint density at radius 2 is 2.10 bits per heavy atom. The summed E-state index contributed by atoms with van der Waals surface area (Å²) in [6, 6.07) is 1.26. The highest BCUT2D eigenvalue weighted by molar-refractivity contribution is 6.31. The van der Waals surface area contributed by atoms with Crippen LogP contribution in [0.15, 0.2) is 10.9 Å². The Morgan fingerprint density at radius 1 is 1.40 bits per heavy atom. The summed E-state index contributed by atoms with van der Waals surface area (Å²) < 4.78 is 4.72. The van der Waals surface area contributed by atoms with Crippen molar-refractivity contribution >= 4 is 29.2 Å². The van der Waals surface area contributed by atoms with E-state index in [0.29, 0.717) is 6.54 Å². The van der Waals surface area contributed by atoms with Gasteiger partial charge in [0.15, 0.2) is 5.78 Å². The lowest BCUT2D eigenvalue weighted by Crippen LogP contribution is -2.19. The van der Waals surface area contributed by atoms with Crippen molar-refractivity contribution in [2.24, 2.45) is 0 Å². The molecule has 1 aromatic heterocycles. The van der Waals surface area contributed by atoms with Crippen LogP contribution in [0.5, 0.6) is 0 Å². The van der Waals surface area contributed by atoms with Gasteiger partial charge in [-0.2, -0.15) is 0 Å². The quantitative estimate of drug-likeness (QED) is 0.457. The maximum absolute atomic E-state index is 12.1. The largest absolute Gasteiger partial charge is 0.466 e. The van der Waals surface area contributed by atoms with Gasteiger partial charge in [0, 0.05) is 6.54 Å². The fourth-order valence-corrected chi connectivity index (χ4v) is 1.71. The van der Waals surface area contributed by atoms with Crippen LogP contribution < -0.4 is 10.9 Å². The molecule has 1 rings (SSSR count). The van der Waals surface area contributed by atoms with E-state index in [1.54, 1.807) is 6.92 Å². The monoisotopic (exact) mass is 300 g/mol.